The summed E-state index contributed by atoms with van der Waals surface area (Å²) in [5.74, 6) is 0. The van der Waals surface area contributed by atoms with Crippen LogP contribution in [0.15, 0.2) is 24.3 Å². The molecule has 1 heterocycles. The highest BCUT2D eigenvalue weighted by Gasteiger charge is 2.15. The first-order valence-electron chi connectivity index (χ1n) is 8.41. The maximum atomic E-state index is 11.6. The predicted octanol–water partition coefficient (Wildman–Crippen LogP) is 2.21. The van der Waals surface area contributed by atoms with Crippen LogP contribution in [-0.4, -0.2) is 37.4 Å². The third-order valence-electron chi connectivity index (χ3n) is 3.76. The third-order valence-corrected chi connectivity index (χ3v) is 3.76. The molecule has 5 nitrogen and oxygen atoms in total. The topological polar surface area (TPSA) is 62.4 Å². The molecule has 1 fully saturated rings. The molecule has 1 aromatic rings. The average Bonchev–Trinajstić information content (AvgIpc) is 2.98. The van der Waals surface area contributed by atoms with Gasteiger partial charge in [-0.2, -0.15) is 0 Å². The molecule has 0 spiro atoms. The van der Waals surface area contributed by atoms with Gasteiger partial charge < -0.3 is 20.7 Å². The van der Waals surface area contributed by atoms with E-state index in [0.29, 0.717) is 12.6 Å². The van der Waals surface area contributed by atoms with Crippen molar-refractivity contribution in [2.75, 3.05) is 19.6 Å². The predicted molar refractivity (Wildman–Crippen MR) is 92.5 cm³/mol. The maximum absolute atomic E-state index is 11.6. The van der Waals surface area contributed by atoms with E-state index in [1.807, 2.05) is 20.8 Å². The lowest BCUT2D eigenvalue weighted by molar-refractivity contribution is 0.0528. The van der Waals surface area contributed by atoms with E-state index in [4.69, 9.17) is 4.74 Å². The first-order chi connectivity index (χ1) is 10.9. The lowest BCUT2D eigenvalue weighted by Gasteiger charge is -2.19. The van der Waals surface area contributed by atoms with Crippen LogP contribution in [0.5, 0.6) is 0 Å². The van der Waals surface area contributed by atoms with Gasteiger partial charge in [0.05, 0.1) is 0 Å². The van der Waals surface area contributed by atoms with E-state index in [-0.39, 0.29) is 6.09 Å². The van der Waals surface area contributed by atoms with Crippen molar-refractivity contribution in [2.45, 2.75) is 51.8 Å². The molecule has 128 valence electrons. The van der Waals surface area contributed by atoms with Crippen LogP contribution < -0.4 is 16.0 Å². The number of carbonyl (C=O) groups is 1. The normalized spacial score (nSPS) is 18.0. The Morgan fingerprint density at radius 3 is 2.57 bits per heavy atom. The average molecular weight is 319 g/mol. The molecule has 1 saturated heterocycles. The standard InChI is InChI=1S/C18H29N3O2/c1-18(2,3)23-17(22)20-11-8-14-4-6-15(7-5-14)12-21-16-9-10-19-13-16/h4-7,16,19,21H,8-13H2,1-3H3,(H,20,22). The lowest BCUT2D eigenvalue weighted by atomic mass is 10.1. The molecule has 0 radical (unpaired) electrons. The van der Waals surface area contributed by atoms with Gasteiger partial charge in [0.2, 0.25) is 0 Å². The van der Waals surface area contributed by atoms with Crippen molar-refractivity contribution in [2.24, 2.45) is 0 Å². The highest BCUT2D eigenvalue weighted by Crippen LogP contribution is 2.08. The zero-order chi connectivity index (χ0) is 16.7. The number of ether oxygens (including phenoxy) is 1. The van der Waals surface area contributed by atoms with Crippen molar-refractivity contribution in [3.63, 3.8) is 0 Å². The van der Waals surface area contributed by atoms with Gasteiger partial charge in [-0.15, -0.1) is 0 Å². The highest BCUT2D eigenvalue weighted by molar-refractivity contribution is 5.67. The van der Waals surface area contributed by atoms with Crippen LogP contribution in [0, 0.1) is 0 Å². The minimum atomic E-state index is -0.451. The van der Waals surface area contributed by atoms with Crippen LogP contribution in [0.1, 0.15) is 38.3 Å². The smallest absolute Gasteiger partial charge is 0.407 e. The molecule has 1 aliphatic heterocycles. The second-order valence-electron chi connectivity index (χ2n) is 7.07. The summed E-state index contributed by atoms with van der Waals surface area (Å²) >= 11 is 0. The molecule has 1 atom stereocenters. The van der Waals surface area contributed by atoms with Crippen molar-refractivity contribution in [1.29, 1.82) is 0 Å². The number of nitrogens with one attached hydrogen (secondary N) is 3. The molecule has 0 aliphatic carbocycles. The van der Waals surface area contributed by atoms with Gasteiger partial charge in [-0.25, -0.2) is 4.79 Å². The maximum Gasteiger partial charge on any atom is 0.407 e. The van der Waals surface area contributed by atoms with E-state index in [9.17, 15) is 4.79 Å². The van der Waals surface area contributed by atoms with Gasteiger partial charge in [-0.3, -0.25) is 0 Å². The number of benzene rings is 1. The van der Waals surface area contributed by atoms with Crippen molar-refractivity contribution >= 4 is 6.09 Å². The van der Waals surface area contributed by atoms with Crippen molar-refractivity contribution in [3.8, 4) is 0 Å². The molecular weight excluding hydrogens is 290 g/mol. The first-order valence-corrected chi connectivity index (χ1v) is 8.41. The summed E-state index contributed by atoms with van der Waals surface area (Å²) in [5.41, 5.74) is 2.06. The minimum absolute atomic E-state index is 0.358. The van der Waals surface area contributed by atoms with E-state index in [1.54, 1.807) is 0 Å². The number of alkyl carbamates (subject to hydrolysis) is 1. The molecule has 1 aliphatic rings. The Labute approximate surface area is 139 Å². The molecule has 1 amide bonds. The Balaban J connectivity index is 1.67. The van der Waals surface area contributed by atoms with Crippen molar-refractivity contribution in [1.82, 2.24) is 16.0 Å². The minimum Gasteiger partial charge on any atom is -0.444 e. The number of hydrogen-bond acceptors (Lipinski definition) is 4. The fourth-order valence-electron chi connectivity index (χ4n) is 2.54. The second kappa shape index (κ2) is 8.31. The summed E-state index contributed by atoms with van der Waals surface area (Å²) in [6.45, 7) is 9.25. The number of hydrogen-bond donors (Lipinski definition) is 3. The fraction of sp³-hybridized carbons (Fsp3) is 0.611. The van der Waals surface area contributed by atoms with E-state index in [2.05, 4.69) is 40.2 Å². The summed E-state index contributed by atoms with van der Waals surface area (Å²) in [7, 11) is 0. The van der Waals surface area contributed by atoms with Gasteiger partial charge in [0, 0.05) is 25.7 Å². The first kappa shape index (κ1) is 17.8. The van der Waals surface area contributed by atoms with Crippen LogP contribution in [-0.2, 0) is 17.7 Å². The van der Waals surface area contributed by atoms with Crippen LogP contribution in [0.4, 0.5) is 4.79 Å². The van der Waals surface area contributed by atoms with Crippen molar-refractivity contribution < 1.29 is 9.53 Å². The molecule has 0 saturated carbocycles. The molecular formula is C18H29N3O2. The summed E-state index contributed by atoms with van der Waals surface area (Å²) < 4.78 is 5.21. The quantitative estimate of drug-likeness (QED) is 0.752. The second-order valence-corrected chi connectivity index (χ2v) is 7.07. The number of amides is 1. The Morgan fingerprint density at radius 2 is 1.96 bits per heavy atom. The van der Waals surface area contributed by atoms with Gasteiger partial charge in [0.1, 0.15) is 5.60 Å². The Kier molecular flexibility index (Phi) is 6.42. The van der Waals surface area contributed by atoms with Crippen LogP contribution in [0.2, 0.25) is 0 Å². The van der Waals surface area contributed by atoms with Crippen LogP contribution >= 0.6 is 0 Å². The molecule has 1 unspecified atom stereocenters. The fourth-order valence-corrected chi connectivity index (χ4v) is 2.54. The Morgan fingerprint density at radius 1 is 1.26 bits per heavy atom. The Hall–Kier alpha value is -1.59. The monoisotopic (exact) mass is 319 g/mol. The number of rotatable bonds is 6. The van der Waals surface area contributed by atoms with Crippen LogP contribution in [0.3, 0.4) is 0 Å². The molecule has 5 heteroatoms. The largest absolute Gasteiger partial charge is 0.444 e. The number of carbonyl (C=O) groups excluding carboxylic acids is 1. The molecule has 0 bridgehead atoms. The van der Waals surface area contributed by atoms with Gasteiger partial charge in [0.25, 0.3) is 0 Å². The van der Waals surface area contributed by atoms with Gasteiger partial charge in [-0.1, -0.05) is 24.3 Å². The van der Waals surface area contributed by atoms with Crippen LogP contribution in [0.25, 0.3) is 0 Å². The van der Waals surface area contributed by atoms with Gasteiger partial charge in [-0.05, 0) is 51.3 Å². The molecule has 2 rings (SSSR count). The SMILES string of the molecule is CC(C)(C)OC(=O)NCCc1ccc(CNC2CCNC2)cc1. The van der Waals surface area contributed by atoms with Gasteiger partial charge in [0.15, 0.2) is 0 Å². The van der Waals surface area contributed by atoms with Gasteiger partial charge >= 0.3 is 6.09 Å². The molecule has 23 heavy (non-hydrogen) atoms. The van der Waals surface area contributed by atoms with Crippen molar-refractivity contribution in [3.05, 3.63) is 35.4 Å². The van der Waals surface area contributed by atoms with E-state index in [0.717, 1.165) is 26.1 Å². The molecule has 0 aromatic heterocycles. The highest BCUT2D eigenvalue weighted by atomic mass is 16.6. The molecule has 1 aromatic carbocycles. The summed E-state index contributed by atoms with van der Waals surface area (Å²) in [4.78, 5) is 11.6. The molecule has 3 N–H and O–H groups in total. The van der Waals surface area contributed by atoms with E-state index < -0.39 is 5.60 Å². The van der Waals surface area contributed by atoms with E-state index >= 15 is 0 Å². The Bertz CT molecular complexity index is 488. The summed E-state index contributed by atoms with van der Waals surface area (Å²) in [6.07, 6.45) is 1.65. The lowest BCUT2D eigenvalue weighted by Crippen LogP contribution is -2.33. The van der Waals surface area contributed by atoms with E-state index in [1.165, 1.54) is 17.5 Å². The summed E-state index contributed by atoms with van der Waals surface area (Å²) in [5, 5.41) is 9.70. The third kappa shape index (κ3) is 7.01. The zero-order valence-corrected chi connectivity index (χ0v) is 14.4. The summed E-state index contributed by atoms with van der Waals surface area (Å²) in [6, 6.07) is 9.14. The zero-order valence-electron chi connectivity index (χ0n) is 14.4.